The average Bonchev–Trinajstić information content (AvgIpc) is 3.35. The van der Waals surface area contributed by atoms with E-state index >= 15 is 0 Å². The highest BCUT2D eigenvalue weighted by Gasteiger charge is 2.36. The van der Waals surface area contributed by atoms with Gasteiger partial charge in [-0.3, -0.25) is 9.00 Å². The van der Waals surface area contributed by atoms with Crippen molar-refractivity contribution in [1.82, 2.24) is 9.97 Å². The average molecular weight is 421 g/mol. The minimum atomic E-state index is -1.04. The molecule has 1 atom stereocenters. The van der Waals surface area contributed by atoms with Gasteiger partial charge in [0.15, 0.2) is 0 Å². The number of nitrogens with zero attached hydrogens (tertiary/aromatic N) is 3. The number of ether oxygens (including phenoxy) is 2. The standard InChI is InChI=1S/C20H28N4O4S/c25-19(13-3-1-2-4-13)28-15-11-24(12-15)20-22-16-7-10-29(26)17(16)18(23-20)21-14-5-8-27-9-6-14/h13-15H,1-12H2,(H,21,22,23). The van der Waals surface area contributed by atoms with E-state index in [1.54, 1.807) is 0 Å². The van der Waals surface area contributed by atoms with Gasteiger partial charge in [0.05, 0.1) is 35.5 Å². The van der Waals surface area contributed by atoms with Gasteiger partial charge in [0.1, 0.15) is 16.8 Å². The van der Waals surface area contributed by atoms with Crippen molar-refractivity contribution >= 4 is 28.5 Å². The number of aryl methyl sites for hydroxylation is 1. The molecule has 1 aliphatic carbocycles. The number of anilines is 2. The Morgan fingerprint density at radius 2 is 1.90 bits per heavy atom. The van der Waals surface area contributed by atoms with Crippen molar-refractivity contribution in [2.45, 2.75) is 62.0 Å². The molecule has 158 valence electrons. The van der Waals surface area contributed by atoms with E-state index in [0.717, 1.165) is 62.3 Å². The van der Waals surface area contributed by atoms with Crippen LogP contribution in [-0.4, -0.2) is 64.3 Å². The van der Waals surface area contributed by atoms with Crippen LogP contribution in [0.1, 0.15) is 44.2 Å². The molecule has 0 radical (unpaired) electrons. The van der Waals surface area contributed by atoms with Gasteiger partial charge in [-0.1, -0.05) is 12.8 Å². The molecule has 8 nitrogen and oxygen atoms in total. The Balaban J connectivity index is 1.26. The number of hydrogen-bond donors (Lipinski definition) is 1. The van der Waals surface area contributed by atoms with Gasteiger partial charge < -0.3 is 19.7 Å². The van der Waals surface area contributed by atoms with Crippen LogP contribution >= 0.6 is 0 Å². The van der Waals surface area contributed by atoms with Crippen molar-refractivity contribution < 1.29 is 18.5 Å². The summed E-state index contributed by atoms with van der Waals surface area (Å²) in [5.41, 5.74) is 0.884. The van der Waals surface area contributed by atoms with Crippen LogP contribution in [0.4, 0.5) is 11.8 Å². The Bertz CT molecular complexity index is 802. The summed E-state index contributed by atoms with van der Waals surface area (Å²) in [6.07, 6.45) is 6.65. The Morgan fingerprint density at radius 1 is 1.14 bits per heavy atom. The number of esters is 1. The lowest BCUT2D eigenvalue weighted by molar-refractivity contribution is -0.155. The molecule has 1 unspecified atom stereocenters. The largest absolute Gasteiger partial charge is 0.458 e. The number of fused-ring (bicyclic) bond motifs is 1. The first kappa shape index (κ1) is 19.2. The minimum absolute atomic E-state index is 0.0423. The maximum absolute atomic E-state index is 12.5. The van der Waals surface area contributed by atoms with E-state index in [4.69, 9.17) is 14.5 Å². The Morgan fingerprint density at radius 3 is 2.66 bits per heavy atom. The summed E-state index contributed by atoms with van der Waals surface area (Å²) in [6.45, 7) is 2.72. The fraction of sp³-hybridized carbons (Fsp3) is 0.750. The van der Waals surface area contributed by atoms with Gasteiger partial charge in [-0.2, -0.15) is 4.98 Å². The first-order valence-electron chi connectivity index (χ1n) is 10.8. The molecule has 3 fully saturated rings. The summed E-state index contributed by atoms with van der Waals surface area (Å²) in [5, 5.41) is 3.50. The predicted octanol–water partition coefficient (Wildman–Crippen LogP) is 1.65. The second-order valence-electron chi connectivity index (χ2n) is 8.42. The van der Waals surface area contributed by atoms with Gasteiger partial charge in [-0.15, -0.1) is 0 Å². The molecule has 0 bridgehead atoms. The molecule has 29 heavy (non-hydrogen) atoms. The summed E-state index contributed by atoms with van der Waals surface area (Å²) in [5.74, 6) is 2.01. The van der Waals surface area contributed by atoms with E-state index < -0.39 is 10.8 Å². The molecule has 4 heterocycles. The molecule has 1 aromatic rings. The number of carbonyl (C=O) groups excluding carboxylic acids is 1. The fourth-order valence-electron chi connectivity index (χ4n) is 4.56. The number of carbonyl (C=O) groups is 1. The second kappa shape index (κ2) is 8.18. The molecule has 1 aromatic heterocycles. The van der Waals surface area contributed by atoms with Crippen molar-refractivity contribution in [2.24, 2.45) is 5.92 Å². The van der Waals surface area contributed by atoms with Crippen LogP contribution in [-0.2, 0) is 31.5 Å². The lowest BCUT2D eigenvalue weighted by Crippen LogP contribution is -2.54. The van der Waals surface area contributed by atoms with E-state index in [2.05, 4.69) is 10.3 Å². The predicted molar refractivity (Wildman–Crippen MR) is 109 cm³/mol. The van der Waals surface area contributed by atoms with Crippen LogP contribution < -0.4 is 10.2 Å². The normalized spacial score (nSPS) is 25.7. The van der Waals surface area contributed by atoms with Crippen molar-refractivity contribution in [3.05, 3.63) is 5.69 Å². The van der Waals surface area contributed by atoms with E-state index in [0.29, 0.717) is 37.0 Å². The molecule has 1 saturated carbocycles. The Labute approximate surface area is 173 Å². The topological polar surface area (TPSA) is 93.7 Å². The molecule has 0 aromatic carbocycles. The van der Waals surface area contributed by atoms with Gasteiger partial charge in [0.2, 0.25) is 5.95 Å². The third-order valence-electron chi connectivity index (χ3n) is 6.34. The lowest BCUT2D eigenvalue weighted by atomic mass is 10.1. The van der Waals surface area contributed by atoms with E-state index in [9.17, 15) is 9.00 Å². The molecule has 9 heteroatoms. The quantitative estimate of drug-likeness (QED) is 0.719. The third kappa shape index (κ3) is 3.99. The first-order chi connectivity index (χ1) is 14.2. The zero-order chi connectivity index (χ0) is 19.8. The number of hydrogen-bond acceptors (Lipinski definition) is 8. The molecule has 2 saturated heterocycles. The zero-order valence-corrected chi connectivity index (χ0v) is 17.4. The highest BCUT2D eigenvalue weighted by Crippen LogP contribution is 2.33. The van der Waals surface area contributed by atoms with Crippen LogP contribution in [0.25, 0.3) is 0 Å². The lowest BCUT2D eigenvalue weighted by Gasteiger charge is -2.39. The van der Waals surface area contributed by atoms with Gasteiger partial charge >= 0.3 is 5.97 Å². The molecular weight excluding hydrogens is 392 g/mol. The summed E-state index contributed by atoms with van der Waals surface area (Å²) in [7, 11) is -1.04. The molecule has 0 spiro atoms. The number of rotatable bonds is 5. The first-order valence-corrected chi connectivity index (χ1v) is 12.1. The summed E-state index contributed by atoms with van der Waals surface area (Å²) in [6, 6.07) is 0.282. The summed E-state index contributed by atoms with van der Waals surface area (Å²) < 4.78 is 23.6. The van der Waals surface area contributed by atoms with E-state index in [1.807, 2.05) is 4.90 Å². The van der Waals surface area contributed by atoms with Gasteiger partial charge in [-0.25, -0.2) is 4.98 Å². The van der Waals surface area contributed by atoms with Crippen molar-refractivity contribution in [2.75, 3.05) is 42.3 Å². The molecule has 1 N–H and O–H groups in total. The molecule has 5 rings (SSSR count). The molecule has 3 aliphatic heterocycles. The Hall–Kier alpha value is -1.74. The van der Waals surface area contributed by atoms with Crippen LogP contribution in [0.2, 0.25) is 0 Å². The highest BCUT2D eigenvalue weighted by atomic mass is 32.2. The van der Waals surface area contributed by atoms with Crippen LogP contribution in [0.3, 0.4) is 0 Å². The van der Waals surface area contributed by atoms with E-state index in [1.165, 1.54) is 0 Å². The van der Waals surface area contributed by atoms with Crippen molar-refractivity contribution in [3.63, 3.8) is 0 Å². The van der Waals surface area contributed by atoms with Crippen molar-refractivity contribution in [3.8, 4) is 0 Å². The Kier molecular flexibility index (Phi) is 5.43. The SMILES string of the molecule is O=C(OC1CN(c2nc3c(c(NC4CCOCC4)n2)S(=O)CC3)C1)C1CCCC1. The number of nitrogens with one attached hydrogen (secondary N) is 1. The monoisotopic (exact) mass is 420 g/mol. The molecule has 4 aliphatic rings. The van der Waals surface area contributed by atoms with Gasteiger partial charge in [0, 0.05) is 31.4 Å². The maximum atomic E-state index is 12.5. The third-order valence-corrected chi connectivity index (χ3v) is 7.80. The maximum Gasteiger partial charge on any atom is 0.309 e. The van der Waals surface area contributed by atoms with Crippen LogP contribution in [0, 0.1) is 5.92 Å². The van der Waals surface area contributed by atoms with Gasteiger partial charge in [-0.05, 0) is 25.7 Å². The minimum Gasteiger partial charge on any atom is -0.458 e. The van der Waals surface area contributed by atoms with Gasteiger partial charge in [0.25, 0.3) is 0 Å². The highest BCUT2D eigenvalue weighted by molar-refractivity contribution is 7.85. The van der Waals surface area contributed by atoms with Crippen LogP contribution in [0.15, 0.2) is 4.90 Å². The van der Waals surface area contributed by atoms with Crippen LogP contribution in [0.5, 0.6) is 0 Å². The second-order valence-corrected chi connectivity index (χ2v) is 9.93. The summed E-state index contributed by atoms with van der Waals surface area (Å²) in [4.78, 5) is 24.5. The smallest absolute Gasteiger partial charge is 0.309 e. The van der Waals surface area contributed by atoms with E-state index in [-0.39, 0.29) is 24.0 Å². The summed E-state index contributed by atoms with van der Waals surface area (Å²) >= 11 is 0. The van der Waals surface area contributed by atoms with Crippen molar-refractivity contribution in [1.29, 1.82) is 0 Å². The fourth-order valence-corrected chi connectivity index (χ4v) is 5.87. The molecule has 0 amide bonds. The molecular formula is C20H28N4O4S. The zero-order valence-electron chi connectivity index (χ0n) is 16.6. The number of aromatic nitrogens is 2.